The molecule has 3 rings (SSSR count). The van der Waals surface area contributed by atoms with E-state index in [9.17, 15) is 8.42 Å². The molecule has 1 aliphatic heterocycles. The Balaban J connectivity index is 0.00000243. The number of nitrogens with zero attached hydrogens (tertiary/aromatic N) is 1. The Kier molecular flexibility index (Phi) is 7.06. The second-order valence-corrected chi connectivity index (χ2v) is 8.31. The summed E-state index contributed by atoms with van der Waals surface area (Å²) < 4.78 is 33.5. The first-order chi connectivity index (χ1) is 12.0. The van der Waals surface area contributed by atoms with Crippen molar-refractivity contribution in [2.24, 2.45) is 5.73 Å². The van der Waals surface area contributed by atoms with Crippen molar-refractivity contribution in [3.05, 3.63) is 59.7 Å². The molecular formula is C19H25ClN2O3S. The number of hydrogen-bond acceptors (Lipinski definition) is 4. The quantitative estimate of drug-likeness (QED) is 0.780. The van der Waals surface area contributed by atoms with Crippen LogP contribution in [0, 0.1) is 0 Å². The van der Waals surface area contributed by atoms with Gasteiger partial charge in [0.1, 0.15) is 11.9 Å². The zero-order valence-corrected chi connectivity index (χ0v) is 16.4. The van der Waals surface area contributed by atoms with Crippen LogP contribution in [0.1, 0.15) is 24.5 Å². The van der Waals surface area contributed by atoms with Gasteiger partial charge < -0.3 is 10.5 Å². The van der Waals surface area contributed by atoms with Gasteiger partial charge in [-0.25, -0.2) is 8.42 Å². The number of sulfonamides is 1. The van der Waals surface area contributed by atoms with Gasteiger partial charge in [0.2, 0.25) is 10.0 Å². The topological polar surface area (TPSA) is 72.6 Å². The summed E-state index contributed by atoms with van der Waals surface area (Å²) in [5.41, 5.74) is 7.51. The molecule has 0 saturated carbocycles. The molecular weight excluding hydrogens is 372 g/mol. The Morgan fingerprint density at radius 3 is 2.62 bits per heavy atom. The first-order valence-electron chi connectivity index (χ1n) is 8.54. The van der Waals surface area contributed by atoms with E-state index in [4.69, 9.17) is 10.5 Å². The maximum atomic E-state index is 13.2. The number of halogens is 1. The van der Waals surface area contributed by atoms with Gasteiger partial charge in [0, 0.05) is 19.5 Å². The molecule has 0 radical (unpaired) electrons. The predicted octanol–water partition coefficient (Wildman–Crippen LogP) is 2.97. The molecule has 5 nitrogen and oxygen atoms in total. The van der Waals surface area contributed by atoms with Crippen LogP contribution in [0.2, 0.25) is 0 Å². The Morgan fingerprint density at radius 1 is 1.19 bits per heavy atom. The molecule has 1 heterocycles. The Morgan fingerprint density at radius 2 is 1.92 bits per heavy atom. The number of hydrogen-bond donors (Lipinski definition) is 1. The summed E-state index contributed by atoms with van der Waals surface area (Å²) in [7, 11) is -3.59. The summed E-state index contributed by atoms with van der Waals surface area (Å²) in [5.74, 6) is 0.781. The van der Waals surface area contributed by atoms with E-state index in [1.807, 2.05) is 37.3 Å². The first kappa shape index (κ1) is 20.7. The third-order valence-electron chi connectivity index (χ3n) is 4.32. The molecule has 2 N–H and O–H groups in total. The predicted molar refractivity (Wildman–Crippen MR) is 105 cm³/mol. The average molecular weight is 397 g/mol. The van der Waals surface area contributed by atoms with Crippen molar-refractivity contribution >= 4 is 22.4 Å². The van der Waals surface area contributed by atoms with E-state index < -0.39 is 10.0 Å². The van der Waals surface area contributed by atoms with Crippen LogP contribution in [-0.4, -0.2) is 31.9 Å². The van der Waals surface area contributed by atoms with Gasteiger partial charge in [-0.15, -0.1) is 12.4 Å². The van der Waals surface area contributed by atoms with Crippen LogP contribution in [0.15, 0.2) is 53.4 Å². The monoisotopic (exact) mass is 396 g/mol. The van der Waals surface area contributed by atoms with Gasteiger partial charge in [-0.3, -0.25) is 0 Å². The second-order valence-electron chi connectivity index (χ2n) is 6.37. The number of nitrogens with two attached hydrogens (primary N) is 1. The number of fused-ring (bicyclic) bond motifs is 1. The highest BCUT2D eigenvalue weighted by atomic mass is 35.5. The second kappa shape index (κ2) is 8.86. The zero-order valence-electron chi connectivity index (χ0n) is 14.8. The summed E-state index contributed by atoms with van der Waals surface area (Å²) in [4.78, 5) is 0.317. The SMILES string of the molecule is CC1Cc2cc(S(=O)(=O)N(CCCN)Cc3ccccc3)ccc2O1.Cl. The molecule has 0 amide bonds. The molecule has 2 aromatic rings. The van der Waals surface area contributed by atoms with Crippen LogP contribution in [-0.2, 0) is 23.0 Å². The molecule has 0 saturated heterocycles. The molecule has 2 aromatic carbocycles. The Labute approximate surface area is 161 Å². The summed E-state index contributed by atoms with van der Waals surface area (Å²) in [5, 5.41) is 0. The molecule has 7 heteroatoms. The third-order valence-corrected chi connectivity index (χ3v) is 6.16. The van der Waals surface area contributed by atoms with Crippen LogP contribution < -0.4 is 10.5 Å². The highest BCUT2D eigenvalue weighted by molar-refractivity contribution is 7.89. The molecule has 1 unspecified atom stereocenters. The Bertz CT molecular complexity index is 828. The maximum absolute atomic E-state index is 13.2. The molecule has 0 spiro atoms. The lowest BCUT2D eigenvalue weighted by Gasteiger charge is -2.22. The minimum atomic E-state index is -3.59. The lowest BCUT2D eigenvalue weighted by molar-refractivity contribution is 0.254. The highest BCUT2D eigenvalue weighted by Gasteiger charge is 2.27. The minimum absolute atomic E-state index is 0. The van der Waals surface area contributed by atoms with E-state index in [1.165, 1.54) is 4.31 Å². The third kappa shape index (κ3) is 4.57. The fourth-order valence-corrected chi connectivity index (χ4v) is 4.56. The van der Waals surface area contributed by atoms with E-state index in [0.29, 0.717) is 31.0 Å². The van der Waals surface area contributed by atoms with Crippen molar-refractivity contribution in [1.82, 2.24) is 4.31 Å². The van der Waals surface area contributed by atoms with Crippen molar-refractivity contribution in [3.8, 4) is 5.75 Å². The van der Waals surface area contributed by atoms with Crippen molar-refractivity contribution in [2.45, 2.75) is 37.3 Å². The Hall–Kier alpha value is -1.60. The molecule has 1 atom stereocenters. The lowest BCUT2D eigenvalue weighted by Crippen LogP contribution is -2.32. The highest BCUT2D eigenvalue weighted by Crippen LogP contribution is 2.31. The summed E-state index contributed by atoms with van der Waals surface area (Å²) in [6.45, 7) is 3.18. The first-order valence-corrected chi connectivity index (χ1v) is 9.98. The molecule has 0 aromatic heterocycles. The van der Waals surface area contributed by atoms with Crippen molar-refractivity contribution in [1.29, 1.82) is 0 Å². The van der Waals surface area contributed by atoms with Gasteiger partial charge in [-0.05, 0) is 49.2 Å². The van der Waals surface area contributed by atoms with E-state index in [2.05, 4.69) is 0 Å². The normalized spacial score (nSPS) is 16.0. The van der Waals surface area contributed by atoms with Crippen LogP contribution in [0.3, 0.4) is 0 Å². The largest absolute Gasteiger partial charge is 0.490 e. The van der Waals surface area contributed by atoms with Gasteiger partial charge >= 0.3 is 0 Å². The van der Waals surface area contributed by atoms with E-state index >= 15 is 0 Å². The number of rotatable bonds is 7. The summed E-state index contributed by atoms with van der Waals surface area (Å²) >= 11 is 0. The smallest absolute Gasteiger partial charge is 0.243 e. The molecule has 26 heavy (non-hydrogen) atoms. The van der Waals surface area contributed by atoms with Crippen LogP contribution in [0.4, 0.5) is 0 Å². The number of benzene rings is 2. The lowest BCUT2D eigenvalue weighted by atomic mass is 10.1. The van der Waals surface area contributed by atoms with Crippen LogP contribution in [0.5, 0.6) is 5.75 Å². The van der Waals surface area contributed by atoms with Crippen molar-refractivity contribution in [3.63, 3.8) is 0 Å². The zero-order chi connectivity index (χ0) is 17.9. The standard InChI is InChI=1S/C19H24N2O3S.ClH/c1-15-12-17-13-18(8-9-19(17)24-15)25(22,23)21(11-5-10-20)14-16-6-3-2-4-7-16;/h2-4,6-9,13,15H,5,10-12,14,20H2,1H3;1H. The summed E-state index contributed by atoms with van der Waals surface area (Å²) in [6.07, 6.45) is 1.45. The number of ether oxygens (including phenoxy) is 1. The molecule has 142 valence electrons. The minimum Gasteiger partial charge on any atom is -0.490 e. The fraction of sp³-hybridized carbons (Fsp3) is 0.368. The van der Waals surface area contributed by atoms with E-state index in [0.717, 1.165) is 23.3 Å². The molecule has 0 bridgehead atoms. The molecule has 0 aliphatic carbocycles. The van der Waals surface area contributed by atoms with Crippen LogP contribution in [0.25, 0.3) is 0 Å². The van der Waals surface area contributed by atoms with Gasteiger partial charge in [0.25, 0.3) is 0 Å². The maximum Gasteiger partial charge on any atom is 0.243 e. The van der Waals surface area contributed by atoms with E-state index in [-0.39, 0.29) is 18.5 Å². The fourth-order valence-electron chi connectivity index (χ4n) is 3.05. The molecule has 1 aliphatic rings. The molecule has 0 fully saturated rings. The van der Waals surface area contributed by atoms with E-state index in [1.54, 1.807) is 18.2 Å². The van der Waals surface area contributed by atoms with Crippen molar-refractivity contribution in [2.75, 3.05) is 13.1 Å². The van der Waals surface area contributed by atoms with Crippen LogP contribution >= 0.6 is 12.4 Å². The summed E-state index contributed by atoms with van der Waals surface area (Å²) in [6, 6.07) is 14.8. The van der Waals surface area contributed by atoms with Gasteiger partial charge in [0.05, 0.1) is 4.90 Å². The van der Waals surface area contributed by atoms with Gasteiger partial charge in [-0.1, -0.05) is 30.3 Å². The average Bonchev–Trinajstić information content (AvgIpc) is 2.98. The van der Waals surface area contributed by atoms with Gasteiger partial charge in [0.15, 0.2) is 0 Å². The van der Waals surface area contributed by atoms with Crippen molar-refractivity contribution < 1.29 is 13.2 Å². The van der Waals surface area contributed by atoms with Gasteiger partial charge in [-0.2, -0.15) is 4.31 Å².